The highest BCUT2D eigenvalue weighted by Gasteiger charge is 2.33. The van der Waals surface area contributed by atoms with E-state index in [1.807, 2.05) is 57.2 Å². The molecule has 22 heavy (non-hydrogen) atoms. The van der Waals surface area contributed by atoms with Crippen molar-refractivity contribution >= 4 is 10.1 Å². The summed E-state index contributed by atoms with van der Waals surface area (Å²) < 4.78 is 33.8. The maximum absolute atomic E-state index is 12.0. The highest BCUT2D eigenvalue weighted by Crippen LogP contribution is 2.39. The van der Waals surface area contributed by atoms with Crippen LogP contribution in [-0.2, 0) is 10.1 Å². The van der Waals surface area contributed by atoms with Gasteiger partial charge in [-0.1, -0.05) is 66.6 Å². The first-order valence-corrected chi connectivity index (χ1v) is 8.92. The minimum atomic E-state index is -4.20. The van der Waals surface area contributed by atoms with Gasteiger partial charge in [0.25, 0.3) is 10.1 Å². The molecule has 118 valence electrons. The van der Waals surface area contributed by atoms with Crippen LogP contribution in [0.1, 0.15) is 46.8 Å². The van der Waals surface area contributed by atoms with Crippen molar-refractivity contribution in [3.63, 3.8) is 0 Å². The van der Waals surface area contributed by atoms with Gasteiger partial charge < -0.3 is 0 Å². The number of hydrogen-bond acceptors (Lipinski definition) is 2. The molecule has 0 aliphatic carbocycles. The van der Waals surface area contributed by atoms with E-state index in [0.717, 1.165) is 16.7 Å². The van der Waals surface area contributed by atoms with E-state index in [-0.39, 0.29) is 5.92 Å². The van der Waals surface area contributed by atoms with Crippen LogP contribution in [0.5, 0.6) is 0 Å². The summed E-state index contributed by atoms with van der Waals surface area (Å²) in [5, 5.41) is -0.944. The van der Waals surface area contributed by atoms with Crippen LogP contribution in [0.3, 0.4) is 0 Å². The first kappa shape index (κ1) is 16.7. The second kappa shape index (κ2) is 6.63. The smallest absolute Gasteiger partial charge is 0.272 e. The molecule has 0 aromatic heterocycles. The second-order valence-electron chi connectivity index (χ2n) is 5.77. The van der Waals surface area contributed by atoms with Crippen molar-refractivity contribution < 1.29 is 13.0 Å². The summed E-state index contributed by atoms with van der Waals surface area (Å²) in [6.07, 6.45) is 0.626. The molecule has 3 nitrogen and oxygen atoms in total. The maximum Gasteiger partial charge on any atom is 0.272 e. The van der Waals surface area contributed by atoms with E-state index in [2.05, 4.69) is 0 Å². The average molecular weight is 318 g/mol. The van der Waals surface area contributed by atoms with Crippen molar-refractivity contribution in [1.82, 2.24) is 0 Å². The topological polar surface area (TPSA) is 54.4 Å². The fraction of sp³-hybridized carbons (Fsp3) is 0.333. The lowest BCUT2D eigenvalue weighted by Gasteiger charge is -2.25. The van der Waals surface area contributed by atoms with Crippen molar-refractivity contribution in [3.8, 4) is 0 Å². The monoisotopic (exact) mass is 318 g/mol. The normalized spacial score (nSPS) is 14.5. The van der Waals surface area contributed by atoms with E-state index in [1.54, 1.807) is 12.1 Å². The zero-order valence-corrected chi connectivity index (χ0v) is 14.0. The van der Waals surface area contributed by atoms with E-state index in [0.29, 0.717) is 12.0 Å². The Morgan fingerprint density at radius 3 is 1.64 bits per heavy atom. The number of benzene rings is 2. The van der Waals surface area contributed by atoms with Crippen molar-refractivity contribution in [2.24, 2.45) is 0 Å². The summed E-state index contributed by atoms with van der Waals surface area (Å²) in [5.74, 6) is -0.279. The third kappa shape index (κ3) is 3.76. The van der Waals surface area contributed by atoms with Gasteiger partial charge in [0.15, 0.2) is 0 Å². The molecule has 2 atom stereocenters. The largest absolute Gasteiger partial charge is 0.285 e. The zero-order valence-electron chi connectivity index (χ0n) is 13.2. The van der Waals surface area contributed by atoms with Crippen LogP contribution in [0.4, 0.5) is 0 Å². The average Bonchev–Trinajstić information content (AvgIpc) is 2.46. The lowest BCUT2D eigenvalue weighted by Crippen LogP contribution is -2.20. The van der Waals surface area contributed by atoms with E-state index >= 15 is 0 Å². The van der Waals surface area contributed by atoms with Crippen LogP contribution in [0, 0.1) is 13.8 Å². The van der Waals surface area contributed by atoms with E-state index in [9.17, 15) is 13.0 Å². The van der Waals surface area contributed by atoms with Gasteiger partial charge in [-0.3, -0.25) is 4.55 Å². The summed E-state index contributed by atoms with van der Waals surface area (Å²) in [7, 11) is -4.20. The zero-order chi connectivity index (χ0) is 16.3. The number of hydrogen-bond donors (Lipinski definition) is 1. The summed E-state index contributed by atoms with van der Waals surface area (Å²) in [6.45, 7) is 5.88. The molecule has 0 amide bonds. The van der Waals surface area contributed by atoms with Gasteiger partial charge >= 0.3 is 0 Å². The van der Waals surface area contributed by atoms with Crippen LogP contribution in [0.15, 0.2) is 48.5 Å². The molecule has 2 aromatic rings. The van der Waals surface area contributed by atoms with E-state index in [4.69, 9.17) is 0 Å². The molecule has 2 unspecified atom stereocenters. The molecule has 0 radical (unpaired) electrons. The molecule has 0 heterocycles. The van der Waals surface area contributed by atoms with Crippen LogP contribution >= 0.6 is 0 Å². The molecular formula is C18H22O3S. The Labute approximate surface area is 132 Å². The fourth-order valence-electron chi connectivity index (χ4n) is 2.81. The van der Waals surface area contributed by atoms with Gasteiger partial charge in [0.1, 0.15) is 5.25 Å². The quantitative estimate of drug-likeness (QED) is 0.830. The van der Waals surface area contributed by atoms with Gasteiger partial charge in [-0.2, -0.15) is 8.42 Å². The fourth-order valence-corrected chi connectivity index (χ4v) is 4.07. The molecule has 4 heteroatoms. The minimum absolute atomic E-state index is 0.279. The molecule has 0 aliphatic heterocycles. The number of aryl methyl sites for hydroxylation is 2. The Balaban J connectivity index is 2.52. The van der Waals surface area contributed by atoms with Crippen LogP contribution in [0.25, 0.3) is 0 Å². The standard InChI is InChI=1S/C18H22O3S/c1-4-17(15-9-5-13(2)6-10-15)18(22(19,20)21)16-11-7-14(3)8-12-16/h5-12,17-18H,4H2,1-3H3,(H,19,20,21). The van der Waals surface area contributed by atoms with Gasteiger partial charge in [0, 0.05) is 5.92 Å². The first-order chi connectivity index (χ1) is 10.3. The molecule has 1 N–H and O–H groups in total. The molecule has 0 saturated carbocycles. The third-order valence-corrected chi connectivity index (χ3v) is 5.28. The lowest BCUT2D eigenvalue weighted by molar-refractivity contribution is 0.451. The Kier molecular flexibility index (Phi) is 5.04. The molecule has 0 aliphatic rings. The van der Waals surface area contributed by atoms with Gasteiger partial charge in [-0.15, -0.1) is 0 Å². The van der Waals surface area contributed by atoms with Gasteiger partial charge in [0.2, 0.25) is 0 Å². The summed E-state index contributed by atoms with van der Waals surface area (Å²) in [4.78, 5) is 0. The van der Waals surface area contributed by atoms with Crippen molar-refractivity contribution in [3.05, 3.63) is 70.8 Å². The minimum Gasteiger partial charge on any atom is -0.285 e. The Morgan fingerprint density at radius 1 is 0.864 bits per heavy atom. The van der Waals surface area contributed by atoms with E-state index in [1.165, 1.54) is 0 Å². The Morgan fingerprint density at radius 2 is 1.27 bits per heavy atom. The van der Waals surface area contributed by atoms with Crippen LogP contribution in [-0.4, -0.2) is 13.0 Å². The summed E-state index contributed by atoms with van der Waals surface area (Å²) in [6, 6.07) is 15.1. The Hall–Kier alpha value is -1.65. The highest BCUT2D eigenvalue weighted by molar-refractivity contribution is 7.86. The van der Waals surface area contributed by atoms with Crippen molar-refractivity contribution in [2.75, 3.05) is 0 Å². The van der Waals surface area contributed by atoms with Crippen molar-refractivity contribution in [1.29, 1.82) is 0 Å². The van der Waals surface area contributed by atoms with E-state index < -0.39 is 15.4 Å². The van der Waals surface area contributed by atoms with Crippen LogP contribution in [0.2, 0.25) is 0 Å². The molecule has 2 rings (SSSR count). The van der Waals surface area contributed by atoms with Gasteiger partial charge in [-0.25, -0.2) is 0 Å². The van der Waals surface area contributed by atoms with Gasteiger partial charge in [-0.05, 0) is 31.4 Å². The Bertz CT molecular complexity index is 716. The first-order valence-electron chi connectivity index (χ1n) is 7.42. The maximum atomic E-state index is 12.0. The van der Waals surface area contributed by atoms with Gasteiger partial charge in [0.05, 0.1) is 0 Å². The molecule has 0 saturated heterocycles. The summed E-state index contributed by atoms with van der Waals surface area (Å²) >= 11 is 0. The molecule has 0 fully saturated rings. The predicted octanol–water partition coefficient (Wildman–Crippen LogP) is 4.43. The lowest BCUT2D eigenvalue weighted by atomic mass is 9.88. The second-order valence-corrected chi connectivity index (χ2v) is 7.31. The van der Waals surface area contributed by atoms with Crippen molar-refractivity contribution in [2.45, 2.75) is 38.4 Å². The highest BCUT2D eigenvalue weighted by atomic mass is 32.2. The summed E-state index contributed by atoms with van der Waals surface area (Å²) in [5.41, 5.74) is 3.73. The predicted molar refractivity (Wildman–Crippen MR) is 89.7 cm³/mol. The molecule has 0 spiro atoms. The number of rotatable bonds is 5. The SMILES string of the molecule is CCC(c1ccc(C)cc1)C(c1ccc(C)cc1)S(=O)(=O)O. The molecule has 0 bridgehead atoms. The molecular weight excluding hydrogens is 296 g/mol. The van der Waals surface area contributed by atoms with Crippen LogP contribution < -0.4 is 0 Å². The third-order valence-electron chi connectivity index (χ3n) is 4.04. The molecule has 2 aromatic carbocycles.